The van der Waals surface area contributed by atoms with Crippen LogP contribution in [0.3, 0.4) is 0 Å². The average Bonchev–Trinajstić information content (AvgIpc) is 2.97. The molecule has 0 aliphatic rings. The average molecular weight is 323 g/mol. The topological polar surface area (TPSA) is 80.4 Å². The molecule has 0 saturated heterocycles. The summed E-state index contributed by atoms with van der Waals surface area (Å²) in [5.74, 6) is -0.320. The third-order valence-corrected chi connectivity index (χ3v) is 3.04. The summed E-state index contributed by atoms with van der Waals surface area (Å²) in [5, 5.41) is 3.05. The van der Waals surface area contributed by atoms with E-state index in [0.29, 0.717) is 17.3 Å². The van der Waals surface area contributed by atoms with Gasteiger partial charge in [0.2, 0.25) is 0 Å². The van der Waals surface area contributed by atoms with Gasteiger partial charge < -0.3 is 19.8 Å². The second-order valence-corrected chi connectivity index (χ2v) is 4.87. The monoisotopic (exact) mass is 322 g/mol. The van der Waals surface area contributed by atoms with Crippen molar-refractivity contribution in [2.75, 3.05) is 13.7 Å². The zero-order chi connectivity index (χ0) is 15.9. The van der Waals surface area contributed by atoms with E-state index < -0.39 is 11.9 Å². The molecule has 116 valence electrons. The lowest BCUT2D eigenvalue weighted by Gasteiger charge is -2.07. The number of amides is 1. The number of methoxy groups -OCH3 is 1. The van der Waals surface area contributed by atoms with E-state index in [0.717, 1.165) is 5.56 Å². The lowest BCUT2D eigenvalue weighted by atomic mass is 10.2. The Morgan fingerprint density at radius 1 is 1.32 bits per heavy atom. The van der Waals surface area contributed by atoms with E-state index in [9.17, 15) is 9.59 Å². The van der Waals surface area contributed by atoms with E-state index in [1.807, 2.05) is 24.3 Å². The van der Waals surface area contributed by atoms with Crippen molar-refractivity contribution in [1.82, 2.24) is 10.3 Å². The number of hydrogen-bond donors (Lipinski definition) is 2. The first kappa shape index (κ1) is 15.9. The Hall–Kier alpha value is -2.47. The van der Waals surface area contributed by atoms with Gasteiger partial charge >= 0.3 is 5.97 Å². The molecule has 2 N–H and O–H groups in total. The number of esters is 1. The van der Waals surface area contributed by atoms with Crippen LogP contribution in [0.1, 0.15) is 16.1 Å². The summed E-state index contributed by atoms with van der Waals surface area (Å²) in [6.07, 6.45) is 1.46. The molecule has 7 heteroatoms. The fourth-order valence-electron chi connectivity index (χ4n) is 1.73. The Morgan fingerprint density at radius 3 is 2.82 bits per heavy atom. The number of carbonyl (C=O) groups excluding carboxylic acids is 2. The number of carbonyl (C=O) groups is 2. The number of rotatable bonds is 6. The van der Waals surface area contributed by atoms with E-state index in [2.05, 4.69) is 10.3 Å². The van der Waals surface area contributed by atoms with Crippen LogP contribution in [0.4, 0.5) is 0 Å². The van der Waals surface area contributed by atoms with Crippen LogP contribution in [0.5, 0.6) is 5.75 Å². The quantitative estimate of drug-likeness (QED) is 0.799. The van der Waals surface area contributed by atoms with Gasteiger partial charge in [0.05, 0.1) is 12.1 Å². The molecule has 0 aliphatic heterocycles. The van der Waals surface area contributed by atoms with Crippen LogP contribution in [0.2, 0.25) is 5.02 Å². The molecule has 0 spiro atoms. The van der Waals surface area contributed by atoms with Gasteiger partial charge in [-0.05, 0) is 23.8 Å². The number of halogens is 1. The molecule has 0 saturated carbocycles. The van der Waals surface area contributed by atoms with Crippen molar-refractivity contribution in [1.29, 1.82) is 0 Å². The summed E-state index contributed by atoms with van der Waals surface area (Å²) in [6, 6.07) is 8.74. The van der Waals surface area contributed by atoms with E-state index in [1.54, 1.807) is 7.11 Å². The molecule has 0 fully saturated rings. The number of benzene rings is 1. The number of aromatic nitrogens is 1. The van der Waals surface area contributed by atoms with Crippen molar-refractivity contribution in [3.05, 3.63) is 52.8 Å². The van der Waals surface area contributed by atoms with Crippen LogP contribution in [0.15, 0.2) is 36.5 Å². The van der Waals surface area contributed by atoms with Crippen molar-refractivity contribution in [3.63, 3.8) is 0 Å². The smallest absolute Gasteiger partial charge is 0.355 e. The number of nitrogens with one attached hydrogen (secondary N) is 2. The molecule has 22 heavy (non-hydrogen) atoms. The predicted octanol–water partition coefficient (Wildman–Crippen LogP) is 2.15. The fourth-order valence-corrected chi connectivity index (χ4v) is 1.89. The highest BCUT2D eigenvalue weighted by Crippen LogP contribution is 2.12. The van der Waals surface area contributed by atoms with Crippen LogP contribution < -0.4 is 10.1 Å². The van der Waals surface area contributed by atoms with Crippen LogP contribution in [0.25, 0.3) is 0 Å². The highest BCUT2D eigenvalue weighted by Gasteiger charge is 2.11. The van der Waals surface area contributed by atoms with Gasteiger partial charge in [-0.1, -0.05) is 23.7 Å². The highest BCUT2D eigenvalue weighted by molar-refractivity contribution is 6.30. The van der Waals surface area contributed by atoms with Crippen molar-refractivity contribution in [2.45, 2.75) is 6.54 Å². The molecule has 0 aliphatic carbocycles. The molecule has 0 atom stereocenters. The minimum absolute atomic E-state index is 0.200. The molecule has 1 aromatic heterocycles. The maximum atomic E-state index is 11.7. The summed E-state index contributed by atoms with van der Waals surface area (Å²) in [6.45, 7) is -0.0403. The first-order chi connectivity index (χ1) is 10.6. The maximum absolute atomic E-state index is 11.7. The second-order valence-electron chi connectivity index (χ2n) is 4.44. The van der Waals surface area contributed by atoms with Crippen LogP contribution >= 0.6 is 11.6 Å². The van der Waals surface area contributed by atoms with E-state index in [4.69, 9.17) is 21.1 Å². The Labute approximate surface area is 132 Å². The Kier molecular flexibility index (Phi) is 5.43. The molecular formula is C15H15ClN2O4. The van der Waals surface area contributed by atoms with Gasteiger partial charge in [0.15, 0.2) is 6.61 Å². The van der Waals surface area contributed by atoms with Crippen molar-refractivity contribution >= 4 is 23.5 Å². The van der Waals surface area contributed by atoms with E-state index in [1.165, 1.54) is 12.3 Å². The van der Waals surface area contributed by atoms with Gasteiger partial charge in [0.1, 0.15) is 11.4 Å². The maximum Gasteiger partial charge on any atom is 0.355 e. The Bertz CT molecular complexity index is 669. The van der Waals surface area contributed by atoms with Gasteiger partial charge in [-0.2, -0.15) is 0 Å². The molecular weight excluding hydrogens is 308 g/mol. The molecule has 1 amide bonds. The summed E-state index contributed by atoms with van der Waals surface area (Å²) < 4.78 is 9.97. The third-order valence-electron chi connectivity index (χ3n) is 2.83. The zero-order valence-electron chi connectivity index (χ0n) is 11.9. The molecule has 0 unspecified atom stereocenters. The molecule has 2 rings (SSSR count). The van der Waals surface area contributed by atoms with Gasteiger partial charge in [0, 0.05) is 12.7 Å². The fraction of sp³-hybridized carbons (Fsp3) is 0.200. The highest BCUT2D eigenvalue weighted by atomic mass is 35.5. The summed E-state index contributed by atoms with van der Waals surface area (Å²) in [5.41, 5.74) is 1.08. The van der Waals surface area contributed by atoms with Gasteiger partial charge in [-0.25, -0.2) is 4.79 Å². The number of ether oxygens (including phenoxy) is 2. The van der Waals surface area contributed by atoms with Crippen LogP contribution in [0, 0.1) is 0 Å². The Morgan fingerprint density at radius 2 is 2.14 bits per heavy atom. The van der Waals surface area contributed by atoms with E-state index in [-0.39, 0.29) is 12.3 Å². The molecule has 6 nitrogen and oxygen atoms in total. The third kappa shape index (κ3) is 4.53. The van der Waals surface area contributed by atoms with Crippen LogP contribution in [-0.2, 0) is 16.1 Å². The van der Waals surface area contributed by atoms with Crippen molar-refractivity contribution in [2.24, 2.45) is 0 Å². The van der Waals surface area contributed by atoms with Crippen molar-refractivity contribution in [3.8, 4) is 5.75 Å². The molecule has 0 bridgehead atoms. The largest absolute Gasteiger partial charge is 0.497 e. The molecule has 1 aromatic carbocycles. The van der Waals surface area contributed by atoms with Gasteiger partial charge in [-0.3, -0.25) is 4.79 Å². The summed E-state index contributed by atoms with van der Waals surface area (Å²) >= 11 is 5.68. The zero-order valence-corrected chi connectivity index (χ0v) is 12.6. The lowest BCUT2D eigenvalue weighted by molar-refractivity contribution is -0.124. The number of aromatic amines is 1. The first-order valence-electron chi connectivity index (χ1n) is 6.49. The minimum Gasteiger partial charge on any atom is -0.497 e. The summed E-state index contributed by atoms with van der Waals surface area (Å²) in [4.78, 5) is 25.9. The lowest BCUT2D eigenvalue weighted by Crippen LogP contribution is -2.28. The second kappa shape index (κ2) is 7.51. The van der Waals surface area contributed by atoms with Crippen molar-refractivity contribution < 1.29 is 19.1 Å². The molecule has 2 aromatic rings. The predicted molar refractivity (Wildman–Crippen MR) is 80.9 cm³/mol. The molecule has 0 radical (unpaired) electrons. The van der Waals surface area contributed by atoms with Crippen LogP contribution in [-0.4, -0.2) is 30.6 Å². The number of hydrogen-bond acceptors (Lipinski definition) is 4. The minimum atomic E-state index is -0.636. The Balaban J connectivity index is 1.77. The SMILES string of the molecule is COc1cccc(CNC(=O)COC(=O)c2cc(Cl)c[nH]2)c1. The van der Waals surface area contributed by atoms with E-state index >= 15 is 0 Å². The first-order valence-corrected chi connectivity index (χ1v) is 6.87. The molecule has 1 heterocycles. The van der Waals surface area contributed by atoms with Gasteiger partial charge in [0.25, 0.3) is 5.91 Å². The standard InChI is InChI=1S/C15H15ClN2O4/c1-21-12-4-2-3-10(5-12)7-18-14(19)9-22-15(20)13-6-11(16)8-17-13/h2-6,8,17H,7,9H2,1H3,(H,18,19). The van der Waals surface area contributed by atoms with Gasteiger partial charge in [-0.15, -0.1) is 0 Å². The number of H-pyrrole nitrogens is 1. The normalized spacial score (nSPS) is 10.1. The summed E-state index contributed by atoms with van der Waals surface area (Å²) in [7, 11) is 1.57.